The van der Waals surface area contributed by atoms with Crippen LogP contribution in [0, 0.1) is 15.5 Å². The number of thiophene rings is 1. The fourth-order valence-electron chi connectivity index (χ4n) is 3.68. The molecule has 0 fully saturated rings. The van der Waals surface area contributed by atoms with E-state index in [4.69, 9.17) is 15.9 Å². The topological polar surface area (TPSA) is 140 Å². The lowest BCUT2D eigenvalue weighted by atomic mass is 9.93. The zero-order valence-corrected chi connectivity index (χ0v) is 17.5. The quantitative estimate of drug-likeness (QED) is 0.235. The highest BCUT2D eigenvalue weighted by molar-refractivity contribution is 7.19. The number of aryl methyl sites for hydroxylation is 1. The first-order valence-electron chi connectivity index (χ1n) is 9.63. The molecular formula is C20H22N6O3S. The predicted octanol–water partition coefficient (Wildman–Crippen LogP) is 3.94. The summed E-state index contributed by atoms with van der Waals surface area (Å²) in [6.07, 6.45) is 4.15. The summed E-state index contributed by atoms with van der Waals surface area (Å²) in [5.74, 6) is 1.18. The SMILES string of the molecule is CC(C)Oc1cc(N)c(C=N)cc1Nc1ncnc2sc3c(c12)CCC([N+](=O)[O-])C3. The summed E-state index contributed by atoms with van der Waals surface area (Å²) in [5, 5.41) is 23.1. The summed E-state index contributed by atoms with van der Waals surface area (Å²) >= 11 is 1.49. The second-order valence-electron chi connectivity index (χ2n) is 7.50. The minimum absolute atomic E-state index is 0.0610. The summed E-state index contributed by atoms with van der Waals surface area (Å²) in [6, 6.07) is 2.91. The van der Waals surface area contributed by atoms with E-state index in [0.29, 0.717) is 47.8 Å². The van der Waals surface area contributed by atoms with Crippen LogP contribution in [0.1, 0.15) is 36.3 Å². The molecule has 0 amide bonds. The molecule has 1 aromatic carbocycles. The highest BCUT2D eigenvalue weighted by Gasteiger charge is 2.31. The molecule has 1 unspecified atom stereocenters. The van der Waals surface area contributed by atoms with Crippen molar-refractivity contribution in [3.8, 4) is 5.75 Å². The third kappa shape index (κ3) is 3.65. The summed E-state index contributed by atoms with van der Waals surface area (Å²) in [7, 11) is 0. The van der Waals surface area contributed by atoms with Crippen molar-refractivity contribution in [2.45, 2.75) is 45.3 Å². The van der Waals surface area contributed by atoms with E-state index in [0.717, 1.165) is 20.7 Å². The molecule has 3 aromatic rings. The number of hydrogen-bond acceptors (Lipinski definition) is 9. The van der Waals surface area contributed by atoms with Gasteiger partial charge in [0.2, 0.25) is 6.04 Å². The van der Waals surface area contributed by atoms with Gasteiger partial charge in [0.25, 0.3) is 0 Å². The number of nitrogens with one attached hydrogen (secondary N) is 2. The van der Waals surface area contributed by atoms with Crippen LogP contribution in [-0.2, 0) is 12.8 Å². The number of nitro groups is 1. The van der Waals surface area contributed by atoms with Crippen LogP contribution in [0.25, 0.3) is 10.2 Å². The largest absolute Gasteiger partial charge is 0.489 e. The monoisotopic (exact) mass is 426 g/mol. The number of nitrogen functional groups attached to an aromatic ring is 1. The molecule has 0 bridgehead atoms. The Kier molecular flexibility index (Phi) is 5.25. The summed E-state index contributed by atoms with van der Waals surface area (Å²) in [4.78, 5) is 21.7. The Labute approximate surface area is 177 Å². The number of aromatic nitrogens is 2. The first kappa shape index (κ1) is 20.0. The van der Waals surface area contributed by atoms with Gasteiger partial charge in [-0.3, -0.25) is 10.1 Å². The predicted molar refractivity (Wildman–Crippen MR) is 118 cm³/mol. The number of nitrogens with zero attached hydrogens (tertiary/aromatic N) is 3. The Bertz CT molecular complexity index is 1140. The number of fused-ring (bicyclic) bond motifs is 3. The van der Waals surface area contributed by atoms with Gasteiger partial charge in [0.05, 0.1) is 17.2 Å². The van der Waals surface area contributed by atoms with E-state index < -0.39 is 6.04 Å². The fourth-order valence-corrected chi connectivity index (χ4v) is 4.94. The molecule has 2 heterocycles. The highest BCUT2D eigenvalue weighted by Crippen LogP contribution is 2.41. The van der Waals surface area contributed by atoms with Gasteiger partial charge in [0, 0.05) is 46.2 Å². The fraction of sp³-hybridized carbons (Fsp3) is 0.350. The van der Waals surface area contributed by atoms with Crippen LogP contribution in [0.3, 0.4) is 0 Å². The van der Waals surface area contributed by atoms with E-state index in [1.54, 1.807) is 12.1 Å². The zero-order valence-electron chi connectivity index (χ0n) is 16.6. The van der Waals surface area contributed by atoms with Gasteiger partial charge in [0.15, 0.2) is 0 Å². The standard InChI is InChI=1S/C20H22N6O3S/c1-10(2)29-16-7-14(22)11(8-21)5-15(16)25-19-18-13-4-3-12(26(27)28)6-17(13)30-20(18)24-9-23-19/h5,7-10,12,21H,3-4,6,22H2,1-2H3,(H,23,24,25). The van der Waals surface area contributed by atoms with Gasteiger partial charge in [-0.1, -0.05) is 0 Å². The lowest BCUT2D eigenvalue weighted by Crippen LogP contribution is -2.26. The van der Waals surface area contributed by atoms with Crippen molar-refractivity contribution in [1.29, 1.82) is 5.41 Å². The highest BCUT2D eigenvalue weighted by atomic mass is 32.1. The normalized spacial score (nSPS) is 15.8. The second-order valence-corrected chi connectivity index (χ2v) is 8.59. The molecule has 1 aliphatic carbocycles. The number of nitrogens with two attached hydrogens (primary N) is 1. The minimum atomic E-state index is -0.548. The molecule has 0 radical (unpaired) electrons. The third-order valence-corrected chi connectivity index (χ3v) is 6.24. The maximum absolute atomic E-state index is 11.2. The summed E-state index contributed by atoms with van der Waals surface area (Å²) in [5.41, 5.74) is 8.78. The molecule has 156 valence electrons. The molecule has 30 heavy (non-hydrogen) atoms. The van der Waals surface area contributed by atoms with Crippen molar-refractivity contribution in [3.63, 3.8) is 0 Å². The Morgan fingerprint density at radius 3 is 2.93 bits per heavy atom. The van der Waals surface area contributed by atoms with Crippen LogP contribution >= 0.6 is 11.3 Å². The lowest BCUT2D eigenvalue weighted by molar-refractivity contribution is -0.523. The minimum Gasteiger partial charge on any atom is -0.489 e. The Morgan fingerprint density at radius 1 is 1.43 bits per heavy atom. The molecule has 2 aromatic heterocycles. The van der Waals surface area contributed by atoms with Crippen LogP contribution in [0.2, 0.25) is 0 Å². The molecule has 0 saturated heterocycles. The van der Waals surface area contributed by atoms with Crippen molar-refractivity contribution in [3.05, 3.63) is 44.6 Å². The van der Waals surface area contributed by atoms with Gasteiger partial charge in [-0.15, -0.1) is 11.3 Å². The van der Waals surface area contributed by atoms with Crippen LogP contribution in [-0.4, -0.2) is 33.3 Å². The van der Waals surface area contributed by atoms with Gasteiger partial charge in [-0.05, 0) is 31.9 Å². The molecule has 0 spiro atoms. The van der Waals surface area contributed by atoms with Crippen molar-refractivity contribution in [2.75, 3.05) is 11.1 Å². The van der Waals surface area contributed by atoms with E-state index in [2.05, 4.69) is 15.3 Å². The van der Waals surface area contributed by atoms with E-state index in [-0.39, 0.29) is 11.0 Å². The van der Waals surface area contributed by atoms with Gasteiger partial charge >= 0.3 is 0 Å². The van der Waals surface area contributed by atoms with E-state index >= 15 is 0 Å². The molecule has 9 nitrogen and oxygen atoms in total. The zero-order chi connectivity index (χ0) is 21.4. The van der Waals surface area contributed by atoms with Crippen LogP contribution in [0.5, 0.6) is 5.75 Å². The average Bonchev–Trinajstić information content (AvgIpc) is 3.08. The van der Waals surface area contributed by atoms with Gasteiger partial charge in [0.1, 0.15) is 22.7 Å². The summed E-state index contributed by atoms with van der Waals surface area (Å²) in [6.45, 7) is 3.85. The van der Waals surface area contributed by atoms with Crippen molar-refractivity contribution < 1.29 is 9.66 Å². The number of ether oxygens (including phenoxy) is 1. The Hall–Kier alpha value is -3.27. The Balaban J connectivity index is 1.78. The first-order chi connectivity index (χ1) is 14.4. The average molecular weight is 427 g/mol. The lowest BCUT2D eigenvalue weighted by Gasteiger charge is -2.18. The van der Waals surface area contributed by atoms with Crippen molar-refractivity contribution >= 4 is 45.0 Å². The number of anilines is 3. The van der Waals surface area contributed by atoms with E-state index in [1.165, 1.54) is 23.9 Å². The van der Waals surface area contributed by atoms with Crippen LogP contribution in [0.15, 0.2) is 18.5 Å². The van der Waals surface area contributed by atoms with Crippen molar-refractivity contribution in [2.24, 2.45) is 0 Å². The van der Waals surface area contributed by atoms with Gasteiger partial charge in [-0.25, -0.2) is 9.97 Å². The summed E-state index contributed by atoms with van der Waals surface area (Å²) < 4.78 is 5.91. The smallest absolute Gasteiger partial charge is 0.218 e. The molecule has 1 aliphatic rings. The van der Waals surface area contributed by atoms with Gasteiger partial charge in [-0.2, -0.15) is 0 Å². The second kappa shape index (κ2) is 7.86. The third-order valence-electron chi connectivity index (χ3n) is 5.07. The molecular weight excluding hydrogens is 404 g/mol. The maximum Gasteiger partial charge on any atom is 0.218 e. The van der Waals surface area contributed by atoms with E-state index in [1.807, 2.05) is 13.8 Å². The number of hydrogen-bond donors (Lipinski definition) is 3. The van der Waals surface area contributed by atoms with Crippen LogP contribution in [0.4, 0.5) is 17.2 Å². The van der Waals surface area contributed by atoms with Crippen molar-refractivity contribution in [1.82, 2.24) is 9.97 Å². The molecule has 1 atom stereocenters. The molecule has 10 heteroatoms. The Morgan fingerprint density at radius 2 is 2.23 bits per heavy atom. The van der Waals surface area contributed by atoms with E-state index in [9.17, 15) is 10.1 Å². The maximum atomic E-state index is 11.2. The molecule has 0 aliphatic heterocycles. The van der Waals surface area contributed by atoms with Gasteiger partial charge < -0.3 is 21.2 Å². The number of rotatable bonds is 6. The molecule has 0 saturated carbocycles. The molecule has 4 rings (SSSR count). The number of benzene rings is 1. The van der Waals surface area contributed by atoms with Crippen LogP contribution < -0.4 is 15.8 Å². The first-order valence-corrected chi connectivity index (χ1v) is 10.5. The molecule has 4 N–H and O–H groups in total.